The Labute approximate surface area is 206 Å². The molecule has 0 aliphatic rings. The Morgan fingerprint density at radius 1 is 0.971 bits per heavy atom. The molecule has 0 aromatic heterocycles. The molecule has 0 unspecified atom stereocenters. The van der Waals surface area contributed by atoms with Gasteiger partial charge in [0.15, 0.2) is 0 Å². The highest BCUT2D eigenvalue weighted by Crippen LogP contribution is 2.11. The number of amides is 4. The molecular weight excluding hydrogens is 452 g/mol. The van der Waals surface area contributed by atoms with Crippen molar-refractivity contribution in [3.63, 3.8) is 0 Å². The van der Waals surface area contributed by atoms with Gasteiger partial charge in [0.2, 0.25) is 17.7 Å². The van der Waals surface area contributed by atoms with Crippen LogP contribution in [0.1, 0.15) is 59.4 Å². The quantitative estimate of drug-likeness (QED) is 0.308. The summed E-state index contributed by atoms with van der Waals surface area (Å²) in [6.45, 7) is 8.95. The van der Waals surface area contributed by atoms with Gasteiger partial charge in [-0.3, -0.25) is 14.4 Å². The number of aldehydes is 1. The van der Waals surface area contributed by atoms with Gasteiger partial charge in [-0.2, -0.15) is 0 Å². The molecule has 3 atom stereocenters. The van der Waals surface area contributed by atoms with E-state index in [0.717, 1.165) is 5.56 Å². The van der Waals surface area contributed by atoms with Crippen molar-refractivity contribution >= 4 is 30.1 Å². The highest BCUT2D eigenvalue weighted by atomic mass is 16.6. The highest BCUT2D eigenvalue weighted by molar-refractivity contribution is 5.92. The van der Waals surface area contributed by atoms with Crippen molar-refractivity contribution in [3.8, 4) is 0 Å². The molecule has 1 aromatic carbocycles. The summed E-state index contributed by atoms with van der Waals surface area (Å²) in [4.78, 5) is 61.0. The predicted molar refractivity (Wildman–Crippen MR) is 131 cm³/mol. The van der Waals surface area contributed by atoms with E-state index in [1.165, 1.54) is 0 Å². The summed E-state index contributed by atoms with van der Waals surface area (Å²) < 4.78 is 5.28. The van der Waals surface area contributed by atoms with Crippen LogP contribution in [0.3, 0.4) is 0 Å². The molecule has 4 amide bonds. The van der Waals surface area contributed by atoms with E-state index in [1.54, 1.807) is 45.0 Å². The van der Waals surface area contributed by atoms with Crippen LogP contribution in [0.15, 0.2) is 30.3 Å². The molecule has 0 bridgehead atoms. The van der Waals surface area contributed by atoms with Gasteiger partial charge in [0.1, 0.15) is 24.0 Å². The van der Waals surface area contributed by atoms with Crippen molar-refractivity contribution in [2.45, 2.75) is 84.0 Å². The third-order valence-corrected chi connectivity index (χ3v) is 4.82. The first-order chi connectivity index (χ1) is 16.3. The molecule has 0 aliphatic heterocycles. The first-order valence-corrected chi connectivity index (χ1v) is 11.7. The lowest BCUT2D eigenvalue weighted by molar-refractivity contribution is -0.131. The molecule has 0 radical (unpaired) electrons. The van der Waals surface area contributed by atoms with Gasteiger partial charge in [-0.25, -0.2) is 4.79 Å². The molecule has 10 heteroatoms. The maximum atomic E-state index is 13.2. The number of hydrogen-bond donors (Lipinski definition) is 4. The number of alkyl carbamates (subject to hydrolysis) is 1. The van der Waals surface area contributed by atoms with Gasteiger partial charge in [0.25, 0.3) is 0 Å². The minimum atomic E-state index is -1.03. The average molecular weight is 491 g/mol. The summed E-state index contributed by atoms with van der Waals surface area (Å²) >= 11 is 0. The minimum absolute atomic E-state index is 0.0484. The van der Waals surface area contributed by atoms with Crippen LogP contribution in [-0.2, 0) is 30.3 Å². The van der Waals surface area contributed by atoms with Gasteiger partial charge in [-0.05, 0) is 45.1 Å². The fraction of sp³-hybridized carbons (Fsp3) is 0.560. The van der Waals surface area contributed by atoms with Crippen molar-refractivity contribution in [1.82, 2.24) is 16.0 Å². The normalized spacial score (nSPS) is 13.8. The van der Waals surface area contributed by atoms with Crippen LogP contribution in [0, 0.1) is 5.92 Å². The summed E-state index contributed by atoms with van der Waals surface area (Å²) in [7, 11) is 0. The molecule has 0 heterocycles. The van der Waals surface area contributed by atoms with Gasteiger partial charge in [-0.1, -0.05) is 44.2 Å². The van der Waals surface area contributed by atoms with Crippen LogP contribution in [0.25, 0.3) is 0 Å². The third-order valence-electron chi connectivity index (χ3n) is 4.82. The molecule has 0 spiro atoms. The Morgan fingerprint density at radius 2 is 1.57 bits per heavy atom. The van der Waals surface area contributed by atoms with E-state index in [1.807, 2.05) is 19.9 Å². The lowest BCUT2D eigenvalue weighted by atomic mass is 10.0. The van der Waals surface area contributed by atoms with Crippen LogP contribution in [-0.4, -0.2) is 53.8 Å². The second-order valence-electron chi connectivity index (χ2n) is 9.84. The van der Waals surface area contributed by atoms with Crippen molar-refractivity contribution in [3.05, 3.63) is 35.9 Å². The van der Waals surface area contributed by atoms with E-state index < -0.39 is 47.5 Å². The van der Waals surface area contributed by atoms with Crippen LogP contribution in [0.5, 0.6) is 0 Å². The standard InChI is InChI=1S/C25H38N4O6/c1-16(2)13-19(29-24(34)35-25(3,4)5)23(33)28-20(14-17-9-7-6-8-10-17)22(32)27-18(15-30)11-12-21(26)31/h6-10,15-16,18-20H,11-14H2,1-5H3,(H2,26,31)(H,27,32)(H,28,33)(H,29,34)/t18-,19-,20-/m0/s1. The number of hydrogen-bond acceptors (Lipinski definition) is 6. The molecule has 1 rings (SSSR count). The Kier molecular flexibility index (Phi) is 11.9. The first-order valence-electron chi connectivity index (χ1n) is 11.7. The summed E-state index contributed by atoms with van der Waals surface area (Å²) in [6.07, 6.45) is 0.229. The maximum Gasteiger partial charge on any atom is 0.408 e. The van der Waals surface area contributed by atoms with Crippen molar-refractivity contribution in [2.75, 3.05) is 0 Å². The zero-order valence-electron chi connectivity index (χ0n) is 21.1. The number of nitrogens with two attached hydrogens (primary N) is 1. The van der Waals surface area contributed by atoms with Crippen LogP contribution >= 0.6 is 0 Å². The lowest BCUT2D eigenvalue weighted by Crippen LogP contribution is -2.56. The average Bonchev–Trinajstić information content (AvgIpc) is 2.74. The van der Waals surface area contributed by atoms with Gasteiger partial charge in [0, 0.05) is 12.8 Å². The molecule has 0 aliphatic carbocycles. The number of benzene rings is 1. The number of carbonyl (C=O) groups is 5. The molecule has 5 N–H and O–H groups in total. The number of nitrogens with one attached hydrogen (secondary N) is 3. The molecule has 0 fully saturated rings. The lowest BCUT2D eigenvalue weighted by Gasteiger charge is -2.26. The minimum Gasteiger partial charge on any atom is -0.444 e. The number of rotatable bonds is 13. The van der Waals surface area contributed by atoms with Gasteiger partial charge >= 0.3 is 6.09 Å². The van der Waals surface area contributed by atoms with Crippen molar-refractivity contribution in [1.29, 1.82) is 0 Å². The van der Waals surface area contributed by atoms with Gasteiger partial charge in [-0.15, -0.1) is 0 Å². The summed E-state index contributed by atoms with van der Waals surface area (Å²) in [5.74, 6) is -1.68. The Morgan fingerprint density at radius 3 is 2.09 bits per heavy atom. The fourth-order valence-corrected chi connectivity index (χ4v) is 3.24. The molecule has 10 nitrogen and oxygen atoms in total. The smallest absolute Gasteiger partial charge is 0.408 e. The topological polar surface area (TPSA) is 157 Å². The van der Waals surface area contributed by atoms with Crippen LogP contribution < -0.4 is 21.7 Å². The Hall–Kier alpha value is -3.43. The molecular formula is C25H38N4O6. The molecule has 0 saturated carbocycles. The number of carbonyl (C=O) groups excluding carboxylic acids is 5. The van der Waals surface area contributed by atoms with E-state index in [2.05, 4.69) is 16.0 Å². The van der Waals surface area contributed by atoms with E-state index in [-0.39, 0.29) is 25.2 Å². The second kappa shape index (κ2) is 14.1. The van der Waals surface area contributed by atoms with E-state index in [4.69, 9.17) is 10.5 Å². The Balaban J connectivity index is 3.05. The van der Waals surface area contributed by atoms with Crippen molar-refractivity contribution in [2.24, 2.45) is 11.7 Å². The Bertz CT molecular complexity index is 866. The monoisotopic (exact) mass is 490 g/mol. The molecule has 0 saturated heterocycles. The summed E-state index contributed by atoms with van der Waals surface area (Å²) in [5.41, 5.74) is 5.18. The molecule has 194 valence electrons. The third kappa shape index (κ3) is 12.6. The van der Waals surface area contributed by atoms with Gasteiger partial charge < -0.3 is 31.2 Å². The summed E-state index contributed by atoms with van der Waals surface area (Å²) in [5, 5.41) is 7.85. The molecule has 1 aromatic rings. The van der Waals surface area contributed by atoms with E-state index in [0.29, 0.717) is 12.7 Å². The summed E-state index contributed by atoms with van der Waals surface area (Å²) in [6, 6.07) is 6.15. The van der Waals surface area contributed by atoms with E-state index >= 15 is 0 Å². The number of primary amides is 1. The maximum absolute atomic E-state index is 13.2. The largest absolute Gasteiger partial charge is 0.444 e. The van der Waals surface area contributed by atoms with Crippen molar-refractivity contribution < 1.29 is 28.7 Å². The zero-order valence-corrected chi connectivity index (χ0v) is 21.1. The number of ether oxygens (including phenoxy) is 1. The van der Waals surface area contributed by atoms with Gasteiger partial charge in [0.05, 0.1) is 6.04 Å². The zero-order chi connectivity index (χ0) is 26.6. The second-order valence-corrected chi connectivity index (χ2v) is 9.84. The first kappa shape index (κ1) is 29.6. The predicted octanol–water partition coefficient (Wildman–Crippen LogP) is 1.60. The SMILES string of the molecule is CC(C)C[C@H](NC(=O)OC(C)(C)C)C(=O)N[C@@H](Cc1ccccc1)C(=O)N[C@H](C=O)CCC(N)=O. The van der Waals surface area contributed by atoms with Crippen LogP contribution in [0.4, 0.5) is 4.79 Å². The van der Waals surface area contributed by atoms with Crippen LogP contribution in [0.2, 0.25) is 0 Å². The van der Waals surface area contributed by atoms with E-state index in [9.17, 15) is 24.0 Å². The molecule has 35 heavy (non-hydrogen) atoms. The fourth-order valence-electron chi connectivity index (χ4n) is 3.24. The highest BCUT2D eigenvalue weighted by Gasteiger charge is 2.30.